The maximum atomic E-state index is 12.9. The fourth-order valence-electron chi connectivity index (χ4n) is 10.0. The van der Waals surface area contributed by atoms with Crippen molar-refractivity contribution < 1.29 is 28.6 Å². The third-order valence-electron chi connectivity index (χ3n) is 15.1. The monoisotopic (exact) mass is 1060 g/mol. The Morgan fingerprint density at radius 3 is 0.829 bits per heavy atom. The van der Waals surface area contributed by atoms with Crippen LogP contribution in [-0.2, 0) is 28.6 Å². The van der Waals surface area contributed by atoms with Crippen molar-refractivity contribution in [3.05, 3.63) is 48.6 Å². The number of carbonyl (C=O) groups excluding carboxylic acids is 3. The van der Waals surface area contributed by atoms with Crippen LogP contribution in [0.25, 0.3) is 0 Å². The van der Waals surface area contributed by atoms with Crippen molar-refractivity contribution in [1.29, 1.82) is 0 Å². The molecule has 0 aromatic carbocycles. The average Bonchev–Trinajstić information content (AvgIpc) is 3.42. The number of allylic oxidation sites excluding steroid dienone is 8. The molecule has 444 valence electrons. The maximum absolute atomic E-state index is 12.9. The number of carbonyl (C=O) groups is 3. The summed E-state index contributed by atoms with van der Waals surface area (Å²) in [5.74, 6) is -0.887. The first-order valence-electron chi connectivity index (χ1n) is 33.6. The number of esters is 3. The third-order valence-corrected chi connectivity index (χ3v) is 15.1. The smallest absolute Gasteiger partial charge is 0.306 e. The van der Waals surface area contributed by atoms with Crippen LogP contribution in [0.15, 0.2) is 48.6 Å². The van der Waals surface area contributed by atoms with Crippen LogP contribution in [0.3, 0.4) is 0 Å². The fraction of sp³-hybridized carbons (Fsp3) is 0.843. The summed E-state index contributed by atoms with van der Waals surface area (Å²) in [6.45, 7) is 6.54. The minimum absolute atomic E-state index is 0.0795. The van der Waals surface area contributed by atoms with E-state index < -0.39 is 6.10 Å². The summed E-state index contributed by atoms with van der Waals surface area (Å²) in [6, 6.07) is 0. The van der Waals surface area contributed by atoms with Gasteiger partial charge in [-0.25, -0.2) is 0 Å². The molecule has 0 heterocycles. The minimum Gasteiger partial charge on any atom is -0.462 e. The van der Waals surface area contributed by atoms with Crippen LogP contribution in [0.1, 0.15) is 361 Å². The molecule has 6 nitrogen and oxygen atoms in total. The van der Waals surface area contributed by atoms with Gasteiger partial charge in [0.15, 0.2) is 6.10 Å². The van der Waals surface area contributed by atoms with E-state index in [1.54, 1.807) is 0 Å². The summed E-state index contributed by atoms with van der Waals surface area (Å²) in [5, 5.41) is 0. The summed E-state index contributed by atoms with van der Waals surface area (Å²) < 4.78 is 16.9. The molecule has 0 aliphatic heterocycles. The number of unbranched alkanes of at least 4 members (excludes halogenated alkanes) is 43. The van der Waals surface area contributed by atoms with Crippen LogP contribution in [0.5, 0.6) is 0 Å². The first-order chi connectivity index (χ1) is 37.5. The van der Waals surface area contributed by atoms with Crippen LogP contribution in [0, 0.1) is 0 Å². The van der Waals surface area contributed by atoms with Gasteiger partial charge in [-0.15, -0.1) is 0 Å². The van der Waals surface area contributed by atoms with Gasteiger partial charge >= 0.3 is 17.9 Å². The lowest BCUT2D eigenvalue weighted by atomic mass is 10.0. The molecule has 0 radical (unpaired) electrons. The summed E-state index contributed by atoms with van der Waals surface area (Å²) in [4.78, 5) is 38.3. The molecule has 0 aromatic heterocycles. The van der Waals surface area contributed by atoms with Crippen molar-refractivity contribution in [2.24, 2.45) is 0 Å². The largest absolute Gasteiger partial charge is 0.462 e. The second-order valence-electron chi connectivity index (χ2n) is 22.7. The van der Waals surface area contributed by atoms with Gasteiger partial charge in [0, 0.05) is 19.3 Å². The zero-order chi connectivity index (χ0) is 55.0. The normalized spacial score (nSPS) is 12.3. The number of rotatable bonds is 62. The lowest BCUT2D eigenvalue weighted by Crippen LogP contribution is -2.30. The van der Waals surface area contributed by atoms with Gasteiger partial charge in [0.2, 0.25) is 0 Å². The fourth-order valence-corrected chi connectivity index (χ4v) is 10.0. The minimum atomic E-state index is -0.784. The highest BCUT2D eigenvalue weighted by Gasteiger charge is 2.19. The highest BCUT2D eigenvalue weighted by atomic mass is 16.6. The lowest BCUT2D eigenvalue weighted by molar-refractivity contribution is -0.167. The van der Waals surface area contributed by atoms with Crippen molar-refractivity contribution in [2.45, 2.75) is 367 Å². The van der Waals surface area contributed by atoms with Crippen LogP contribution in [0.2, 0.25) is 0 Å². The molecule has 0 bridgehead atoms. The Balaban J connectivity index is 4.14. The van der Waals surface area contributed by atoms with E-state index >= 15 is 0 Å². The Kier molecular flexibility index (Phi) is 62.6. The predicted molar refractivity (Wildman–Crippen MR) is 330 cm³/mol. The van der Waals surface area contributed by atoms with E-state index in [0.717, 1.165) is 103 Å². The van der Waals surface area contributed by atoms with Crippen LogP contribution in [-0.4, -0.2) is 37.2 Å². The van der Waals surface area contributed by atoms with Gasteiger partial charge in [-0.1, -0.05) is 313 Å². The van der Waals surface area contributed by atoms with E-state index in [2.05, 4.69) is 69.4 Å². The summed E-state index contributed by atoms with van der Waals surface area (Å²) >= 11 is 0. The number of ether oxygens (including phenoxy) is 3. The molecule has 6 heteroatoms. The molecule has 0 aromatic rings. The topological polar surface area (TPSA) is 78.9 Å². The Morgan fingerprint density at radius 1 is 0.276 bits per heavy atom. The highest BCUT2D eigenvalue weighted by Crippen LogP contribution is 2.18. The molecule has 0 saturated heterocycles. The van der Waals surface area contributed by atoms with Gasteiger partial charge in [-0.05, 0) is 77.0 Å². The second kappa shape index (κ2) is 64.9. The van der Waals surface area contributed by atoms with Crippen molar-refractivity contribution in [3.8, 4) is 0 Å². The maximum Gasteiger partial charge on any atom is 0.306 e. The third kappa shape index (κ3) is 62.2. The zero-order valence-electron chi connectivity index (χ0n) is 51.0. The molecule has 0 N–H and O–H groups in total. The van der Waals surface area contributed by atoms with Crippen molar-refractivity contribution in [1.82, 2.24) is 0 Å². The highest BCUT2D eigenvalue weighted by molar-refractivity contribution is 5.71. The van der Waals surface area contributed by atoms with Crippen molar-refractivity contribution >= 4 is 17.9 Å². The quantitative estimate of drug-likeness (QED) is 0.0261. The second-order valence-corrected chi connectivity index (χ2v) is 22.7. The van der Waals surface area contributed by atoms with E-state index in [1.165, 1.54) is 218 Å². The zero-order valence-corrected chi connectivity index (χ0v) is 51.0. The molecule has 0 spiro atoms. The van der Waals surface area contributed by atoms with Crippen LogP contribution >= 0.6 is 0 Å². The molecule has 76 heavy (non-hydrogen) atoms. The average molecular weight is 1070 g/mol. The predicted octanol–water partition coefficient (Wildman–Crippen LogP) is 22.9. The number of hydrogen-bond acceptors (Lipinski definition) is 6. The van der Waals surface area contributed by atoms with Gasteiger partial charge in [-0.2, -0.15) is 0 Å². The molecular formula is C70H128O6. The molecule has 0 saturated carbocycles. The van der Waals surface area contributed by atoms with E-state index in [0.29, 0.717) is 19.3 Å². The van der Waals surface area contributed by atoms with Gasteiger partial charge in [0.05, 0.1) is 0 Å². The Morgan fingerprint density at radius 2 is 0.513 bits per heavy atom. The Bertz CT molecular complexity index is 1310. The van der Waals surface area contributed by atoms with E-state index in [9.17, 15) is 14.4 Å². The lowest BCUT2D eigenvalue weighted by Gasteiger charge is -2.18. The Labute approximate surface area is 473 Å². The number of hydrogen-bond donors (Lipinski definition) is 0. The molecule has 0 amide bonds. The van der Waals surface area contributed by atoms with Gasteiger partial charge in [0.1, 0.15) is 13.2 Å². The van der Waals surface area contributed by atoms with Gasteiger partial charge in [0.25, 0.3) is 0 Å². The summed E-state index contributed by atoms with van der Waals surface area (Å²) in [6.07, 6.45) is 81.5. The molecule has 1 atom stereocenters. The summed E-state index contributed by atoms with van der Waals surface area (Å²) in [5.41, 5.74) is 0. The molecule has 0 rings (SSSR count). The van der Waals surface area contributed by atoms with E-state index in [-0.39, 0.29) is 31.1 Å². The molecule has 0 aliphatic carbocycles. The van der Waals surface area contributed by atoms with Crippen molar-refractivity contribution in [2.75, 3.05) is 13.2 Å². The molecular weight excluding hydrogens is 937 g/mol. The Hall–Kier alpha value is -2.63. The van der Waals surface area contributed by atoms with Gasteiger partial charge < -0.3 is 14.2 Å². The van der Waals surface area contributed by atoms with Gasteiger partial charge in [-0.3, -0.25) is 14.4 Å². The molecule has 1 unspecified atom stereocenters. The summed E-state index contributed by atoms with van der Waals surface area (Å²) in [7, 11) is 0. The molecule has 0 fully saturated rings. The van der Waals surface area contributed by atoms with E-state index in [4.69, 9.17) is 14.2 Å². The standard InChI is InChI=1S/C70H128O6/c1-4-7-10-13-16-19-22-25-27-28-29-30-31-32-33-34-35-36-37-38-39-40-41-43-45-48-51-54-57-60-63-69(72)75-66-67(65-74-68(71)62-59-56-53-50-47-44-24-21-18-15-12-9-6-3)76-70(73)64-61-58-55-52-49-46-42-26-23-20-17-14-11-8-5-2/h8,11,17,20-21,24,26,42,67H,4-7,9-10,12-16,18-19,22-23,25,27-41,43-66H2,1-3H3/b11-8-,20-17-,24-21-,42-26-. The van der Waals surface area contributed by atoms with Crippen LogP contribution in [0.4, 0.5) is 0 Å². The molecule has 0 aliphatic rings. The SMILES string of the molecule is CC/C=C\C/C=C\C/C=C\CCCCCCCC(=O)OC(COC(=O)CCCCCCC/C=C\CCCCCC)COC(=O)CCCCCCCCCCCCCCCCCCCCCCCCCCCCCCCC. The van der Waals surface area contributed by atoms with Crippen molar-refractivity contribution in [3.63, 3.8) is 0 Å². The first kappa shape index (κ1) is 73.4. The first-order valence-corrected chi connectivity index (χ1v) is 33.6. The van der Waals surface area contributed by atoms with Crippen LogP contribution < -0.4 is 0 Å². The van der Waals surface area contributed by atoms with E-state index in [1.807, 2.05) is 0 Å².